The van der Waals surface area contributed by atoms with Gasteiger partial charge < -0.3 is 15.7 Å². The van der Waals surface area contributed by atoms with Gasteiger partial charge in [-0.2, -0.15) is 0 Å². The lowest BCUT2D eigenvalue weighted by Gasteiger charge is -2.38. The van der Waals surface area contributed by atoms with Gasteiger partial charge in [0.1, 0.15) is 11.6 Å². The molecule has 0 aliphatic carbocycles. The molecular weight excluding hydrogens is 247 g/mol. The van der Waals surface area contributed by atoms with Crippen LogP contribution in [0.2, 0.25) is 0 Å². The summed E-state index contributed by atoms with van der Waals surface area (Å²) in [6.07, 6.45) is 1.75. The second-order valence-corrected chi connectivity index (χ2v) is 5.18. The minimum atomic E-state index is -0.532. The van der Waals surface area contributed by atoms with Gasteiger partial charge in [-0.1, -0.05) is 6.92 Å². The lowest BCUT2D eigenvalue weighted by Crippen LogP contribution is -2.49. The van der Waals surface area contributed by atoms with E-state index in [2.05, 4.69) is 6.92 Å². The summed E-state index contributed by atoms with van der Waals surface area (Å²) in [5.41, 5.74) is 5.72. The van der Waals surface area contributed by atoms with Gasteiger partial charge in [0.25, 0.3) is 5.91 Å². The Morgan fingerprint density at radius 3 is 3.00 bits per heavy atom. The highest BCUT2D eigenvalue weighted by Crippen LogP contribution is 2.26. The first-order chi connectivity index (χ1) is 9.02. The molecule has 19 heavy (non-hydrogen) atoms. The summed E-state index contributed by atoms with van der Waals surface area (Å²) >= 11 is 0. The van der Waals surface area contributed by atoms with Crippen LogP contribution in [0, 0.1) is 11.7 Å². The van der Waals surface area contributed by atoms with Crippen molar-refractivity contribution in [3.8, 4) is 5.75 Å². The Kier molecular flexibility index (Phi) is 4.04. The van der Waals surface area contributed by atoms with Gasteiger partial charge in [-0.15, -0.1) is 0 Å². The number of phenolic OH excluding ortho intramolecular Hbond substituents is 1. The fraction of sp³-hybridized carbons (Fsp3) is 0.500. The molecule has 0 radical (unpaired) electrons. The highest BCUT2D eigenvalue weighted by molar-refractivity contribution is 5.97. The molecule has 1 heterocycles. The number of piperidine rings is 1. The SMILES string of the molecule is CC1CCN(C(=O)c2cc(F)ccc2O)C(CN)C1. The zero-order chi connectivity index (χ0) is 14.0. The molecule has 5 heteroatoms. The van der Waals surface area contributed by atoms with E-state index < -0.39 is 5.82 Å². The summed E-state index contributed by atoms with van der Waals surface area (Å²) in [6.45, 7) is 3.11. The van der Waals surface area contributed by atoms with Crippen LogP contribution in [-0.2, 0) is 0 Å². The van der Waals surface area contributed by atoms with Gasteiger partial charge >= 0.3 is 0 Å². The third kappa shape index (κ3) is 2.87. The number of phenols is 1. The van der Waals surface area contributed by atoms with Gasteiger partial charge in [0.05, 0.1) is 5.56 Å². The summed E-state index contributed by atoms with van der Waals surface area (Å²) in [5, 5.41) is 9.70. The van der Waals surface area contributed by atoms with Crippen molar-refractivity contribution in [2.45, 2.75) is 25.8 Å². The molecule has 4 nitrogen and oxygen atoms in total. The van der Waals surface area contributed by atoms with E-state index in [1.165, 1.54) is 6.07 Å². The first kappa shape index (κ1) is 13.8. The summed E-state index contributed by atoms with van der Waals surface area (Å²) in [7, 11) is 0. The van der Waals surface area contributed by atoms with Gasteiger partial charge in [0.15, 0.2) is 0 Å². The molecule has 0 bridgehead atoms. The minimum absolute atomic E-state index is 0.00741. The van der Waals surface area contributed by atoms with E-state index in [-0.39, 0.29) is 23.3 Å². The van der Waals surface area contributed by atoms with Crippen LogP contribution in [0.4, 0.5) is 4.39 Å². The molecule has 1 aromatic rings. The van der Waals surface area contributed by atoms with E-state index in [0.29, 0.717) is 19.0 Å². The second kappa shape index (κ2) is 5.57. The van der Waals surface area contributed by atoms with Crippen molar-refractivity contribution in [3.63, 3.8) is 0 Å². The number of carbonyl (C=O) groups is 1. The summed E-state index contributed by atoms with van der Waals surface area (Å²) in [6, 6.07) is 3.36. The molecule has 104 valence electrons. The van der Waals surface area contributed by atoms with Crippen LogP contribution < -0.4 is 5.73 Å². The fourth-order valence-corrected chi connectivity index (χ4v) is 2.58. The summed E-state index contributed by atoms with van der Waals surface area (Å²) < 4.78 is 13.2. The van der Waals surface area contributed by atoms with Gasteiger partial charge in [0.2, 0.25) is 0 Å². The number of likely N-dealkylation sites (tertiary alicyclic amines) is 1. The van der Waals surface area contributed by atoms with Crippen molar-refractivity contribution in [1.29, 1.82) is 0 Å². The van der Waals surface area contributed by atoms with Crippen molar-refractivity contribution < 1.29 is 14.3 Å². The van der Waals surface area contributed by atoms with Crippen molar-refractivity contribution >= 4 is 5.91 Å². The average molecular weight is 266 g/mol. The van der Waals surface area contributed by atoms with Gasteiger partial charge in [-0.05, 0) is 37.0 Å². The second-order valence-electron chi connectivity index (χ2n) is 5.18. The van der Waals surface area contributed by atoms with Crippen LogP contribution in [0.5, 0.6) is 5.75 Å². The maximum atomic E-state index is 13.2. The molecule has 0 aromatic heterocycles. The Morgan fingerprint density at radius 1 is 1.58 bits per heavy atom. The minimum Gasteiger partial charge on any atom is -0.507 e. The maximum absolute atomic E-state index is 13.2. The number of hydrogen-bond acceptors (Lipinski definition) is 3. The predicted molar refractivity (Wildman–Crippen MR) is 70.3 cm³/mol. The normalized spacial score (nSPS) is 23.4. The van der Waals surface area contributed by atoms with Crippen molar-refractivity contribution in [2.75, 3.05) is 13.1 Å². The largest absolute Gasteiger partial charge is 0.507 e. The van der Waals surface area contributed by atoms with E-state index in [1.807, 2.05) is 0 Å². The molecule has 1 aromatic carbocycles. The molecule has 1 fully saturated rings. The number of rotatable bonds is 2. The van der Waals surface area contributed by atoms with Crippen molar-refractivity contribution in [3.05, 3.63) is 29.6 Å². The maximum Gasteiger partial charge on any atom is 0.258 e. The monoisotopic (exact) mass is 266 g/mol. The quantitative estimate of drug-likeness (QED) is 0.856. The van der Waals surface area contributed by atoms with E-state index in [0.717, 1.165) is 25.0 Å². The van der Waals surface area contributed by atoms with Crippen LogP contribution in [0.1, 0.15) is 30.1 Å². The molecule has 2 atom stereocenters. The molecule has 1 aliphatic rings. The zero-order valence-corrected chi connectivity index (χ0v) is 11.0. The third-order valence-corrected chi connectivity index (χ3v) is 3.70. The molecule has 0 saturated carbocycles. The van der Waals surface area contributed by atoms with E-state index in [9.17, 15) is 14.3 Å². The van der Waals surface area contributed by atoms with Crippen LogP contribution in [0.15, 0.2) is 18.2 Å². The Balaban J connectivity index is 2.25. The Bertz CT molecular complexity index is 479. The van der Waals surface area contributed by atoms with Crippen molar-refractivity contribution in [1.82, 2.24) is 4.90 Å². The number of benzene rings is 1. The van der Waals surface area contributed by atoms with Crippen LogP contribution >= 0.6 is 0 Å². The average Bonchev–Trinajstić information content (AvgIpc) is 2.40. The molecule has 3 N–H and O–H groups in total. The third-order valence-electron chi connectivity index (χ3n) is 3.70. The highest BCUT2D eigenvalue weighted by Gasteiger charge is 2.30. The lowest BCUT2D eigenvalue weighted by molar-refractivity contribution is 0.0570. The van der Waals surface area contributed by atoms with Crippen LogP contribution in [0.25, 0.3) is 0 Å². The number of nitrogens with zero attached hydrogens (tertiary/aromatic N) is 1. The smallest absolute Gasteiger partial charge is 0.258 e. The van der Waals surface area contributed by atoms with E-state index in [4.69, 9.17) is 5.73 Å². The molecule has 2 rings (SSSR count). The van der Waals surface area contributed by atoms with Gasteiger partial charge in [0, 0.05) is 19.1 Å². The first-order valence-electron chi connectivity index (χ1n) is 6.52. The molecule has 0 spiro atoms. The zero-order valence-electron chi connectivity index (χ0n) is 11.0. The van der Waals surface area contributed by atoms with E-state index >= 15 is 0 Å². The topological polar surface area (TPSA) is 66.6 Å². The molecule has 2 unspecified atom stereocenters. The van der Waals surface area contributed by atoms with Gasteiger partial charge in [-0.3, -0.25) is 4.79 Å². The number of nitrogens with two attached hydrogens (primary N) is 1. The fourth-order valence-electron chi connectivity index (χ4n) is 2.58. The van der Waals surface area contributed by atoms with Crippen molar-refractivity contribution in [2.24, 2.45) is 11.7 Å². The summed E-state index contributed by atoms with van der Waals surface area (Å²) in [4.78, 5) is 14.0. The number of aromatic hydroxyl groups is 1. The number of hydrogen-bond donors (Lipinski definition) is 2. The predicted octanol–water partition coefficient (Wildman–Crippen LogP) is 1.73. The molecule has 1 saturated heterocycles. The van der Waals surface area contributed by atoms with E-state index in [1.54, 1.807) is 4.90 Å². The number of amides is 1. The number of halogens is 1. The van der Waals surface area contributed by atoms with Gasteiger partial charge in [-0.25, -0.2) is 4.39 Å². The highest BCUT2D eigenvalue weighted by atomic mass is 19.1. The molecule has 1 aliphatic heterocycles. The lowest BCUT2D eigenvalue weighted by atomic mass is 9.92. The number of carbonyl (C=O) groups excluding carboxylic acids is 1. The summed E-state index contributed by atoms with van der Waals surface area (Å²) in [5.74, 6) is -0.547. The molecule has 1 amide bonds. The Hall–Kier alpha value is -1.62. The Morgan fingerprint density at radius 2 is 2.32 bits per heavy atom. The Labute approximate surface area is 112 Å². The standard InChI is InChI=1S/C14H19FN2O2/c1-9-4-5-17(11(6-9)8-16)14(19)12-7-10(15)2-3-13(12)18/h2-3,7,9,11,18H,4-6,8,16H2,1H3. The van der Waals surface area contributed by atoms with Crippen LogP contribution in [0.3, 0.4) is 0 Å². The van der Waals surface area contributed by atoms with Crippen LogP contribution in [-0.4, -0.2) is 35.0 Å². The first-order valence-corrected chi connectivity index (χ1v) is 6.52. The molecular formula is C14H19FN2O2.